The number of sulfonamides is 1. The fraction of sp³-hybridized carbons (Fsp3) is 0.179. The van der Waals surface area contributed by atoms with Crippen LogP contribution >= 0.6 is 0 Å². The molecule has 0 radical (unpaired) electrons. The number of carbonyl (C=O) groups excluding carboxylic acids is 2. The predicted molar refractivity (Wildman–Crippen MR) is 148 cm³/mol. The number of nitrogens with one attached hydrogen (secondary N) is 2. The van der Waals surface area contributed by atoms with Crippen LogP contribution < -0.4 is 15.6 Å². The van der Waals surface area contributed by atoms with Crippen LogP contribution in [0.15, 0.2) is 82.5 Å². The van der Waals surface area contributed by atoms with Crippen LogP contribution in [0, 0.1) is 19.7 Å². The number of aryl methyl sites for hydroxylation is 1. The minimum absolute atomic E-state index is 0.0623. The maximum absolute atomic E-state index is 13.3. The summed E-state index contributed by atoms with van der Waals surface area (Å²) in [6.45, 7) is 4.53. The third kappa shape index (κ3) is 5.81. The summed E-state index contributed by atoms with van der Waals surface area (Å²) in [5.41, 5.74) is 1.23. The first kappa shape index (κ1) is 28.3. The Hall–Kier alpha value is -4.71. The molecule has 1 heterocycles. The highest BCUT2D eigenvalue weighted by molar-refractivity contribution is 7.92. The van der Waals surface area contributed by atoms with Gasteiger partial charge in [0, 0.05) is 12.7 Å². The Morgan fingerprint density at radius 3 is 2.25 bits per heavy atom. The van der Waals surface area contributed by atoms with Crippen molar-refractivity contribution in [1.29, 1.82) is 0 Å². The van der Waals surface area contributed by atoms with Crippen LogP contribution in [0.25, 0.3) is 5.69 Å². The zero-order valence-corrected chi connectivity index (χ0v) is 23.0. The summed E-state index contributed by atoms with van der Waals surface area (Å²) >= 11 is 0. The largest absolute Gasteiger partial charge is 0.449 e. The van der Waals surface area contributed by atoms with E-state index in [0.29, 0.717) is 11.4 Å². The number of rotatable bonds is 8. The van der Waals surface area contributed by atoms with Crippen molar-refractivity contribution in [3.05, 3.63) is 106 Å². The van der Waals surface area contributed by atoms with E-state index in [0.717, 1.165) is 12.1 Å². The molecular weight excluding hydrogens is 539 g/mol. The summed E-state index contributed by atoms with van der Waals surface area (Å²) in [7, 11) is -2.31. The number of amides is 1. The van der Waals surface area contributed by atoms with E-state index in [9.17, 15) is 27.2 Å². The number of ether oxygens (including phenoxy) is 1. The summed E-state index contributed by atoms with van der Waals surface area (Å²) in [4.78, 5) is 38.4. The van der Waals surface area contributed by atoms with Crippen molar-refractivity contribution in [2.75, 3.05) is 10.0 Å². The fourth-order valence-electron chi connectivity index (χ4n) is 4.02. The molecule has 0 spiro atoms. The lowest BCUT2D eigenvalue weighted by Crippen LogP contribution is -2.32. The highest BCUT2D eigenvalue weighted by atomic mass is 32.2. The third-order valence-corrected chi connectivity index (χ3v) is 7.80. The maximum atomic E-state index is 13.3. The third-order valence-electron chi connectivity index (χ3n) is 6.25. The van der Waals surface area contributed by atoms with E-state index >= 15 is 0 Å². The monoisotopic (exact) mass is 566 g/mol. The first-order valence-corrected chi connectivity index (χ1v) is 13.6. The van der Waals surface area contributed by atoms with Gasteiger partial charge >= 0.3 is 5.97 Å². The summed E-state index contributed by atoms with van der Waals surface area (Å²) in [5, 5.41) is 2.55. The van der Waals surface area contributed by atoms with E-state index in [1.54, 1.807) is 42.9 Å². The Kier molecular flexibility index (Phi) is 7.91. The van der Waals surface area contributed by atoms with Crippen molar-refractivity contribution in [1.82, 2.24) is 9.36 Å². The molecule has 4 rings (SSSR count). The fourth-order valence-corrected chi connectivity index (χ4v) is 5.30. The van der Waals surface area contributed by atoms with Crippen molar-refractivity contribution in [3.63, 3.8) is 0 Å². The van der Waals surface area contributed by atoms with Gasteiger partial charge in [0.25, 0.3) is 21.5 Å². The summed E-state index contributed by atoms with van der Waals surface area (Å²) < 4.78 is 49.4. The van der Waals surface area contributed by atoms with Crippen molar-refractivity contribution in [3.8, 4) is 5.69 Å². The number of para-hydroxylation sites is 1. The number of nitrogens with zero attached hydrogens (tertiary/aromatic N) is 2. The van der Waals surface area contributed by atoms with E-state index in [1.165, 1.54) is 48.9 Å². The molecule has 2 N–H and O–H groups in total. The van der Waals surface area contributed by atoms with Gasteiger partial charge in [0.05, 0.1) is 21.8 Å². The first-order chi connectivity index (χ1) is 18.9. The smallest absolute Gasteiger partial charge is 0.338 e. The van der Waals surface area contributed by atoms with Gasteiger partial charge in [-0.15, -0.1) is 0 Å². The number of aromatic nitrogens is 2. The first-order valence-electron chi connectivity index (χ1n) is 12.1. The van der Waals surface area contributed by atoms with Gasteiger partial charge < -0.3 is 10.1 Å². The molecule has 0 aliphatic carbocycles. The maximum Gasteiger partial charge on any atom is 0.338 e. The van der Waals surface area contributed by atoms with Crippen LogP contribution in [0.1, 0.15) is 28.5 Å². The molecule has 0 aliphatic rings. The molecule has 40 heavy (non-hydrogen) atoms. The molecule has 10 nitrogen and oxygen atoms in total. The van der Waals surface area contributed by atoms with Gasteiger partial charge in [0.2, 0.25) is 0 Å². The van der Waals surface area contributed by atoms with Gasteiger partial charge in [-0.3, -0.25) is 19.0 Å². The van der Waals surface area contributed by atoms with Crippen LogP contribution in [-0.2, 0) is 26.6 Å². The van der Waals surface area contributed by atoms with Crippen molar-refractivity contribution in [2.45, 2.75) is 31.8 Å². The molecule has 0 bridgehead atoms. The topological polar surface area (TPSA) is 128 Å². The van der Waals surface area contributed by atoms with Crippen LogP contribution in [0.3, 0.4) is 0 Å². The number of hydrogen-bond acceptors (Lipinski definition) is 6. The molecule has 12 heteroatoms. The van der Waals surface area contributed by atoms with Gasteiger partial charge in [-0.2, -0.15) is 0 Å². The second-order valence-corrected chi connectivity index (χ2v) is 10.7. The molecular formula is C28H27FN4O6S. The Morgan fingerprint density at radius 1 is 0.975 bits per heavy atom. The molecule has 1 unspecified atom stereocenters. The van der Waals surface area contributed by atoms with Crippen molar-refractivity contribution >= 4 is 33.3 Å². The summed E-state index contributed by atoms with van der Waals surface area (Å²) in [5.74, 6) is -2.07. The molecule has 0 saturated heterocycles. The Morgan fingerprint density at radius 2 is 1.62 bits per heavy atom. The van der Waals surface area contributed by atoms with Crippen LogP contribution in [0.2, 0.25) is 0 Å². The van der Waals surface area contributed by atoms with Crippen molar-refractivity contribution < 1.29 is 27.1 Å². The van der Waals surface area contributed by atoms with Gasteiger partial charge in [0.15, 0.2) is 6.10 Å². The zero-order chi connectivity index (χ0) is 29.2. The number of esters is 1. The molecule has 0 aliphatic heterocycles. The lowest BCUT2D eigenvalue weighted by molar-refractivity contribution is -0.123. The second-order valence-electron chi connectivity index (χ2n) is 9.07. The molecule has 3 aromatic carbocycles. The van der Waals surface area contributed by atoms with E-state index < -0.39 is 39.4 Å². The lowest BCUT2D eigenvalue weighted by Gasteiger charge is -2.14. The standard InChI is InChI=1S/C28H27FN4O6S/c1-17-16-21(29)12-15-24(17)40(37,38)31-22-13-10-20(11-14-22)28(36)39-19(3)26(34)30-25-18(2)32(4)33(27(25)35)23-8-6-5-7-9-23/h5-16,19,31H,1-4H3,(H,30,34). The summed E-state index contributed by atoms with van der Waals surface area (Å²) in [6, 6.07) is 17.6. The number of benzene rings is 3. The van der Waals surface area contributed by atoms with Crippen LogP contribution in [-0.4, -0.2) is 35.8 Å². The molecule has 1 amide bonds. The van der Waals surface area contributed by atoms with Crippen molar-refractivity contribution in [2.24, 2.45) is 7.05 Å². The quantitative estimate of drug-likeness (QED) is 0.311. The summed E-state index contributed by atoms with van der Waals surface area (Å²) in [6.07, 6.45) is -1.24. The Labute approximate surface area is 230 Å². The van der Waals surface area contributed by atoms with Gasteiger partial charge in [-0.05, 0) is 80.9 Å². The van der Waals surface area contributed by atoms with Gasteiger partial charge in [0.1, 0.15) is 11.5 Å². The average molecular weight is 567 g/mol. The number of halogens is 1. The second kappa shape index (κ2) is 11.2. The van der Waals surface area contributed by atoms with Crippen LogP contribution in [0.4, 0.5) is 15.8 Å². The van der Waals surface area contributed by atoms with Gasteiger partial charge in [-0.1, -0.05) is 18.2 Å². The average Bonchev–Trinajstić information content (AvgIpc) is 3.11. The lowest BCUT2D eigenvalue weighted by atomic mass is 10.2. The Bertz CT molecular complexity index is 1750. The zero-order valence-electron chi connectivity index (χ0n) is 22.1. The molecule has 1 aromatic heterocycles. The molecule has 208 valence electrons. The van der Waals surface area contributed by atoms with E-state index in [2.05, 4.69) is 10.0 Å². The van der Waals surface area contributed by atoms with E-state index in [4.69, 9.17) is 4.74 Å². The predicted octanol–water partition coefficient (Wildman–Crippen LogP) is 3.92. The number of hydrogen-bond donors (Lipinski definition) is 2. The minimum atomic E-state index is -3.99. The molecule has 1 atom stereocenters. The number of anilines is 2. The van der Waals surface area contributed by atoms with Gasteiger partial charge in [-0.25, -0.2) is 22.3 Å². The minimum Gasteiger partial charge on any atom is -0.449 e. The number of carbonyl (C=O) groups is 2. The highest BCUT2D eigenvalue weighted by Crippen LogP contribution is 2.21. The molecule has 0 fully saturated rings. The van der Waals surface area contributed by atoms with E-state index in [1.807, 2.05) is 6.07 Å². The van der Waals surface area contributed by atoms with Crippen LogP contribution in [0.5, 0.6) is 0 Å². The molecule has 0 saturated carbocycles. The SMILES string of the molecule is Cc1cc(F)ccc1S(=O)(=O)Nc1ccc(C(=O)OC(C)C(=O)Nc2c(C)n(C)n(-c3ccccc3)c2=O)cc1. The normalized spacial score (nSPS) is 12.0. The highest BCUT2D eigenvalue weighted by Gasteiger charge is 2.24. The molecule has 4 aromatic rings. The Balaban J connectivity index is 1.42. The van der Waals surface area contributed by atoms with E-state index in [-0.39, 0.29) is 27.4 Å².